The van der Waals surface area contributed by atoms with Gasteiger partial charge >= 0.3 is 0 Å². The van der Waals surface area contributed by atoms with E-state index in [9.17, 15) is 9.18 Å². The second kappa shape index (κ2) is 5.47. The van der Waals surface area contributed by atoms with Crippen LogP contribution in [-0.2, 0) is 11.3 Å². The maximum Gasteiger partial charge on any atom is 0.236 e. The van der Waals surface area contributed by atoms with Gasteiger partial charge in [-0.2, -0.15) is 0 Å². The van der Waals surface area contributed by atoms with Gasteiger partial charge in [-0.3, -0.25) is 4.79 Å². The molecule has 17 heavy (non-hydrogen) atoms. The number of hydrogen-bond donors (Lipinski definition) is 1. The van der Waals surface area contributed by atoms with E-state index in [2.05, 4.69) is 5.32 Å². The maximum absolute atomic E-state index is 13.6. The standard InChI is InChI=1S/C12H14ClFN2O/c13-10-3-1-4-11(14)9(10)8-16-6-2-5-15-7-12(16)17/h1,3-4,15H,2,5-8H2. The smallest absolute Gasteiger partial charge is 0.236 e. The molecule has 3 nitrogen and oxygen atoms in total. The molecule has 1 aliphatic rings. The van der Waals surface area contributed by atoms with Gasteiger partial charge in [-0.25, -0.2) is 4.39 Å². The normalized spacial score (nSPS) is 17.1. The number of carbonyl (C=O) groups is 1. The molecule has 0 aromatic heterocycles. The lowest BCUT2D eigenvalue weighted by molar-refractivity contribution is -0.130. The Hall–Kier alpha value is -1.13. The molecule has 0 radical (unpaired) electrons. The number of nitrogens with one attached hydrogen (secondary N) is 1. The van der Waals surface area contributed by atoms with Gasteiger partial charge in [0.2, 0.25) is 5.91 Å². The third kappa shape index (κ3) is 2.96. The molecule has 1 aliphatic heterocycles. The third-order valence-electron chi connectivity index (χ3n) is 2.82. The molecule has 0 unspecified atom stereocenters. The van der Waals surface area contributed by atoms with Crippen LogP contribution < -0.4 is 5.32 Å². The first-order chi connectivity index (χ1) is 8.18. The zero-order valence-electron chi connectivity index (χ0n) is 9.38. The van der Waals surface area contributed by atoms with Crippen molar-refractivity contribution in [1.29, 1.82) is 0 Å². The van der Waals surface area contributed by atoms with Gasteiger partial charge in [0.05, 0.1) is 13.1 Å². The highest BCUT2D eigenvalue weighted by Gasteiger charge is 2.19. The number of rotatable bonds is 2. The predicted molar refractivity (Wildman–Crippen MR) is 64.3 cm³/mol. The number of amides is 1. The maximum atomic E-state index is 13.6. The number of carbonyl (C=O) groups excluding carboxylic acids is 1. The highest BCUT2D eigenvalue weighted by atomic mass is 35.5. The summed E-state index contributed by atoms with van der Waals surface area (Å²) in [5.41, 5.74) is 0.393. The molecule has 92 valence electrons. The van der Waals surface area contributed by atoms with Crippen molar-refractivity contribution in [1.82, 2.24) is 10.2 Å². The highest BCUT2D eigenvalue weighted by Crippen LogP contribution is 2.21. The van der Waals surface area contributed by atoms with Gasteiger partial charge in [-0.15, -0.1) is 0 Å². The van der Waals surface area contributed by atoms with Gasteiger partial charge in [0, 0.05) is 17.1 Å². The first-order valence-corrected chi connectivity index (χ1v) is 5.97. The van der Waals surface area contributed by atoms with Crippen LogP contribution in [0.25, 0.3) is 0 Å². The van der Waals surface area contributed by atoms with E-state index >= 15 is 0 Å². The summed E-state index contributed by atoms with van der Waals surface area (Å²) >= 11 is 5.94. The van der Waals surface area contributed by atoms with Crippen LogP contribution in [0.5, 0.6) is 0 Å². The van der Waals surface area contributed by atoms with Gasteiger partial charge in [-0.1, -0.05) is 17.7 Å². The summed E-state index contributed by atoms with van der Waals surface area (Å²) in [4.78, 5) is 13.4. The van der Waals surface area contributed by atoms with E-state index in [0.717, 1.165) is 13.0 Å². The van der Waals surface area contributed by atoms with E-state index in [1.807, 2.05) is 0 Å². The monoisotopic (exact) mass is 256 g/mol. The Bertz CT molecular complexity index is 405. The lowest BCUT2D eigenvalue weighted by atomic mass is 10.2. The highest BCUT2D eigenvalue weighted by molar-refractivity contribution is 6.31. The minimum Gasteiger partial charge on any atom is -0.337 e. The predicted octanol–water partition coefficient (Wildman–Crippen LogP) is 1.80. The number of hydrogen-bond acceptors (Lipinski definition) is 2. The Morgan fingerprint density at radius 3 is 3.06 bits per heavy atom. The topological polar surface area (TPSA) is 32.3 Å². The van der Waals surface area contributed by atoms with E-state index in [0.29, 0.717) is 23.7 Å². The van der Waals surface area contributed by atoms with Crippen molar-refractivity contribution < 1.29 is 9.18 Å². The molecule has 2 rings (SSSR count). The second-order valence-electron chi connectivity index (χ2n) is 4.05. The first kappa shape index (κ1) is 12.3. The van der Waals surface area contributed by atoms with E-state index in [4.69, 9.17) is 11.6 Å². The van der Waals surface area contributed by atoms with Gasteiger partial charge in [0.15, 0.2) is 0 Å². The average Bonchev–Trinajstić information content (AvgIpc) is 2.49. The lowest BCUT2D eigenvalue weighted by Crippen LogP contribution is -2.34. The van der Waals surface area contributed by atoms with Gasteiger partial charge in [0.1, 0.15) is 5.82 Å². The van der Waals surface area contributed by atoms with E-state index in [1.165, 1.54) is 6.07 Å². The molecule has 0 bridgehead atoms. The molecule has 0 spiro atoms. The molecular weight excluding hydrogens is 243 g/mol. The molecule has 1 saturated heterocycles. The van der Waals surface area contributed by atoms with Crippen LogP contribution in [0.2, 0.25) is 5.02 Å². The van der Waals surface area contributed by atoms with Crippen LogP contribution in [-0.4, -0.2) is 30.4 Å². The van der Waals surface area contributed by atoms with Crippen LogP contribution in [0.3, 0.4) is 0 Å². The molecule has 1 amide bonds. The molecule has 0 saturated carbocycles. The SMILES string of the molecule is O=C1CNCCCN1Cc1c(F)cccc1Cl. The zero-order chi connectivity index (χ0) is 12.3. The van der Waals surface area contributed by atoms with E-state index in [-0.39, 0.29) is 18.3 Å². The summed E-state index contributed by atoms with van der Waals surface area (Å²) in [5, 5.41) is 3.39. The Morgan fingerprint density at radius 2 is 2.29 bits per heavy atom. The van der Waals surface area contributed by atoms with Crippen molar-refractivity contribution in [2.75, 3.05) is 19.6 Å². The lowest BCUT2D eigenvalue weighted by Gasteiger charge is -2.21. The molecule has 1 aromatic carbocycles. The number of halogens is 2. The quantitative estimate of drug-likeness (QED) is 0.875. The van der Waals surface area contributed by atoms with Crippen molar-refractivity contribution >= 4 is 17.5 Å². The van der Waals surface area contributed by atoms with Crippen molar-refractivity contribution in [2.45, 2.75) is 13.0 Å². The van der Waals surface area contributed by atoms with Gasteiger partial charge in [-0.05, 0) is 25.1 Å². The minimum atomic E-state index is -0.359. The summed E-state index contributed by atoms with van der Waals surface area (Å²) in [5.74, 6) is -0.371. The average molecular weight is 257 g/mol. The fourth-order valence-electron chi connectivity index (χ4n) is 1.87. The fourth-order valence-corrected chi connectivity index (χ4v) is 2.09. The minimum absolute atomic E-state index is 0.0122. The van der Waals surface area contributed by atoms with Gasteiger partial charge < -0.3 is 10.2 Å². The molecular formula is C12H14ClFN2O. The first-order valence-electron chi connectivity index (χ1n) is 5.60. The second-order valence-corrected chi connectivity index (χ2v) is 4.45. The molecule has 5 heteroatoms. The van der Waals surface area contributed by atoms with Crippen molar-refractivity contribution in [3.8, 4) is 0 Å². The van der Waals surface area contributed by atoms with Crippen molar-refractivity contribution in [3.05, 3.63) is 34.6 Å². The summed E-state index contributed by atoms with van der Waals surface area (Å²) < 4.78 is 13.6. The number of benzene rings is 1. The van der Waals surface area contributed by atoms with E-state index in [1.54, 1.807) is 17.0 Å². The molecule has 1 N–H and O–H groups in total. The van der Waals surface area contributed by atoms with E-state index < -0.39 is 0 Å². The Labute approximate surface area is 105 Å². The summed E-state index contributed by atoms with van der Waals surface area (Å²) in [6.07, 6.45) is 0.873. The van der Waals surface area contributed by atoms with Crippen LogP contribution in [0.4, 0.5) is 4.39 Å². The molecule has 1 fully saturated rings. The summed E-state index contributed by atoms with van der Waals surface area (Å²) in [7, 11) is 0. The van der Waals surface area contributed by atoms with Crippen LogP contribution in [0.15, 0.2) is 18.2 Å². The summed E-state index contributed by atoms with van der Waals surface area (Å²) in [6, 6.07) is 4.56. The molecule has 0 atom stereocenters. The Morgan fingerprint density at radius 1 is 1.47 bits per heavy atom. The van der Waals surface area contributed by atoms with Crippen molar-refractivity contribution in [3.63, 3.8) is 0 Å². The zero-order valence-corrected chi connectivity index (χ0v) is 10.1. The molecule has 1 aromatic rings. The molecule has 1 heterocycles. The Kier molecular flexibility index (Phi) is 3.97. The van der Waals surface area contributed by atoms with Crippen molar-refractivity contribution in [2.24, 2.45) is 0 Å². The third-order valence-corrected chi connectivity index (χ3v) is 3.18. The van der Waals surface area contributed by atoms with Crippen LogP contribution >= 0.6 is 11.6 Å². The Balaban J connectivity index is 2.16. The summed E-state index contributed by atoms with van der Waals surface area (Å²) in [6.45, 7) is 2.00. The van der Waals surface area contributed by atoms with Gasteiger partial charge in [0.25, 0.3) is 0 Å². The van der Waals surface area contributed by atoms with Crippen LogP contribution in [0, 0.1) is 5.82 Å². The molecule has 0 aliphatic carbocycles. The van der Waals surface area contributed by atoms with Crippen LogP contribution in [0.1, 0.15) is 12.0 Å². The largest absolute Gasteiger partial charge is 0.337 e. The number of nitrogens with zero attached hydrogens (tertiary/aromatic N) is 1. The fraction of sp³-hybridized carbons (Fsp3) is 0.417.